The van der Waals surface area contributed by atoms with Gasteiger partial charge in [-0.3, -0.25) is 4.79 Å². The lowest BCUT2D eigenvalue weighted by Crippen LogP contribution is -2.12. The van der Waals surface area contributed by atoms with E-state index in [4.69, 9.17) is 11.5 Å². The van der Waals surface area contributed by atoms with E-state index in [1.165, 1.54) is 6.33 Å². The van der Waals surface area contributed by atoms with Gasteiger partial charge in [-0.2, -0.15) is 0 Å². The molecule has 0 fully saturated rings. The predicted molar refractivity (Wildman–Crippen MR) is 68.7 cm³/mol. The third kappa shape index (κ3) is 2.73. The predicted octanol–water partition coefficient (Wildman–Crippen LogP) is 0.770. The number of nitrogens with zero attached hydrogens (tertiary/aromatic N) is 2. The number of benzene rings is 1. The number of carbonyl (C=O) groups excluding carboxylic acids is 1. The number of rotatable bonds is 4. The monoisotopic (exact) mass is 243 g/mol. The van der Waals surface area contributed by atoms with Gasteiger partial charge >= 0.3 is 0 Å². The number of aromatic nitrogens is 2. The van der Waals surface area contributed by atoms with Gasteiger partial charge in [0, 0.05) is 11.8 Å². The summed E-state index contributed by atoms with van der Waals surface area (Å²) in [5.41, 5.74) is 13.4. The minimum atomic E-state index is -0.496. The number of carbonyl (C=O) groups is 1. The molecule has 0 aliphatic heterocycles. The summed E-state index contributed by atoms with van der Waals surface area (Å²) in [6.07, 6.45) is 3.15. The van der Waals surface area contributed by atoms with Crippen molar-refractivity contribution >= 4 is 17.3 Å². The van der Waals surface area contributed by atoms with E-state index in [0.717, 1.165) is 11.4 Å². The summed E-state index contributed by atoms with van der Waals surface area (Å²) >= 11 is 0. The molecular formula is C12H13N5O. The molecule has 0 radical (unpaired) electrons. The number of hydrogen-bond acceptors (Lipinski definition) is 5. The minimum absolute atomic E-state index is 0.389. The second-order valence-corrected chi connectivity index (χ2v) is 3.72. The highest BCUT2D eigenvalue weighted by atomic mass is 16.1. The first-order valence-electron chi connectivity index (χ1n) is 5.35. The van der Waals surface area contributed by atoms with Crippen LogP contribution in [0.2, 0.25) is 0 Å². The Morgan fingerprint density at radius 1 is 1.33 bits per heavy atom. The van der Waals surface area contributed by atoms with Crippen LogP contribution in [-0.4, -0.2) is 15.9 Å². The van der Waals surface area contributed by atoms with Gasteiger partial charge in [0.2, 0.25) is 5.91 Å². The second kappa shape index (κ2) is 5.13. The van der Waals surface area contributed by atoms with Gasteiger partial charge in [0.1, 0.15) is 6.33 Å². The fraction of sp³-hybridized carbons (Fsp3) is 0.0833. The maximum absolute atomic E-state index is 11.0. The smallest absolute Gasteiger partial charge is 0.248 e. The number of anilines is 2. The molecule has 92 valence electrons. The Hall–Kier alpha value is -2.63. The lowest BCUT2D eigenvalue weighted by molar-refractivity contribution is 0.100. The minimum Gasteiger partial charge on any atom is -0.397 e. The normalized spacial score (nSPS) is 10.0. The van der Waals surface area contributed by atoms with Crippen molar-refractivity contribution < 1.29 is 4.79 Å². The van der Waals surface area contributed by atoms with Gasteiger partial charge in [-0.05, 0) is 24.3 Å². The van der Waals surface area contributed by atoms with E-state index in [0.29, 0.717) is 17.8 Å². The van der Waals surface area contributed by atoms with E-state index >= 15 is 0 Å². The summed E-state index contributed by atoms with van der Waals surface area (Å²) in [4.78, 5) is 18.9. The molecule has 0 atom stereocenters. The third-order valence-electron chi connectivity index (χ3n) is 2.44. The zero-order chi connectivity index (χ0) is 13.0. The highest BCUT2D eigenvalue weighted by Gasteiger charge is 2.04. The van der Waals surface area contributed by atoms with E-state index in [1.54, 1.807) is 30.5 Å². The quantitative estimate of drug-likeness (QED) is 0.687. The van der Waals surface area contributed by atoms with Crippen LogP contribution in [0.25, 0.3) is 0 Å². The average molecular weight is 243 g/mol. The zero-order valence-electron chi connectivity index (χ0n) is 9.63. The van der Waals surface area contributed by atoms with Crippen molar-refractivity contribution in [2.75, 3.05) is 11.1 Å². The Labute approximate surface area is 104 Å². The van der Waals surface area contributed by atoms with Crippen LogP contribution in [-0.2, 0) is 6.54 Å². The SMILES string of the molecule is NC(=O)c1ccc(NCc2ccncn2)c(N)c1. The molecule has 0 spiro atoms. The molecule has 0 saturated carbocycles. The van der Waals surface area contributed by atoms with Crippen LogP contribution in [0.4, 0.5) is 11.4 Å². The molecule has 1 amide bonds. The summed E-state index contributed by atoms with van der Waals surface area (Å²) in [6, 6.07) is 6.70. The van der Waals surface area contributed by atoms with Crippen molar-refractivity contribution in [1.82, 2.24) is 9.97 Å². The highest BCUT2D eigenvalue weighted by molar-refractivity contribution is 5.94. The van der Waals surface area contributed by atoms with Gasteiger partial charge in [0.25, 0.3) is 0 Å². The lowest BCUT2D eigenvalue weighted by Gasteiger charge is -2.09. The lowest BCUT2D eigenvalue weighted by atomic mass is 10.1. The maximum Gasteiger partial charge on any atom is 0.248 e. The second-order valence-electron chi connectivity index (χ2n) is 3.72. The Morgan fingerprint density at radius 2 is 2.17 bits per heavy atom. The number of amides is 1. The summed E-state index contributed by atoms with van der Waals surface area (Å²) in [7, 11) is 0. The van der Waals surface area contributed by atoms with Crippen LogP contribution >= 0.6 is 0 Å². The van der Waals surface area contributed by atoms with Crippen LogP contribution in [0, 0.1) is 0 Å². The number of nitrogen functional groups attached to an aromatic ring is 1. The Morgan fingerprint density at radius 3 is 2.78 bits per heavy atom. The molecule has 6 heteroatoms. The van der Waals surface area contributed by atoms with Gasteiger partial charge in [-0.15, -0.1) is 0 Å². The summed E-state index contributed by atoms with van der Waals surface area (Å²) < 4.78 is 0. The van der Waals surface area contributed by atoms with E-state index in [-0.39, 0.29) is 0 Å². The van der Waals surface area contributed by atoms with Gasteiger partial charge in [0.05, 0.1) is 23.6 Å². The van der Waals surface area contributed by atoms with Crippen LogP contribution in [0.15, 0.2) is 36.8 Å². The van der Waals surface area contributed by atoms with Crippen molar-refractivity contribution in [1.29, 1.82) is 0 Å². The zero-order valence-corrected chi connectivity index (χ0v) is 9.63. The van der Waals surface area contributed by atoms with E-state index in [2.05, 4.69) is 15.3 Å². The molecule has 18 heavy (non-hydrogen) atoms. The van der Waals surface area contributed by atoms with Crippen molar-refractivity contribution in [3.63, 3.8) is 0 Å². The standard InChI is InChI=1S/C12H13N5O/c13-10-5-8(12(14)18)1-2-11(10)16-6-9-3-4-15-7-17-9/h1-5,7,16H,6,13H2,(H2,14,18). The fourth-order valence-electron chi connectivity index (χ4n) is 1.49. The Kier molecular flexibility index (Phi) is 3.38. The van der Waals surface area contributed by atoms with Crippen LogP contribution in [0.1, 0.15) is 16.1 Å². The number of nitrogens with two attached hydrogens (primary N) is 2. The number of hydrogen-bond donors (Lipinski definition) is 3. The molecule has 0 aliphatic rings. The molecule has 1 heterocycles. The van der Waals surface area contributed by atoms with E-state index < -0.39 is 5.91 Å². The van der Waals surface area contributed by atoms with Gasteiger partial charge < -0.3 is 16.8 Å². The van der Waals surface area contributed by atoms with E-state index in [9.17, 15) is 4.79 Å². The molecule has 0 aliphatic carbocycles. The Balaban J connectivity index is 2.08. The molecule has 2 rings (SSSR count). The van der Waals surface area contributed by atoms with Crippen LogP contribution < -0.4 is 16.8 Å². The summed E-state index contributed by atoms with van der Waals surface area (Å²) in [6.45, 7) is 0.530. The summed E-state index contributed by atoms with van der Waals surface area (Å²) in [5, 5.41) is 3.13. The van der Waals surface area contributed by atoms with Crippen molar-refractivity contribution in [2.45, 2.75) is 6.54 Å². The van der Waals surface area contributed by atoms with Crippen molar-refractivity contribution in [2.24, 2.45) is 5.73 Å². The largest absolute Gasteiger partial charge is 0.397 e. The molecule has 5 N–H and O–H groups in total. The maximum atomic E-state index is 11.0. The molecule has 1 aromatic heterocycles. The molecular weight excluding hydrogens is 230 g/mol. The average Bonchev–Trinajstić information content (AvgIpc) is 2.38. The first-order chi connectivity index (χ1) is 8.66. The third-order valence-corrected chi connectivity index (χ3v) is 2.44. The van der Waals surface area contributed by atoms with Gasteiger partial charge in [-0.25, -0.2) is 9.97 Å². The number of primary amides is 1. The molecule has 1 aromatic carbocycles. The van der Waals surface area contributed by atoms with Gasteiger partial charge in [0.15, 0.2) is 0 Å². The van der Waals surface area contributed by atoms with Gasteiger partial charge in [-0.1, -0.05) is 0 Å². The van der Waals surface area contributed by atoms with Crippen LogP contribution in [0.3, 0.4) is 0 Å². The van der Waals surface area contributed by atoms with Crippen molar-refractivity contribution in [3.8, 4) is 0 Å². The topological polar surface area (TPSA) is 107 Å². The van der Waals surface area contributed by atoms with E-state index in [1.807, 2.05) is 0 Å². The first kappa shape index (κ1) is 11.8. The molecule has 2 aromatic rings. The molecule has 0 unspecified atom stereocenters. The summed E-state index contributed by atoms with van der Waals surface area (Å²) in [5.74, 6) is -0.496. The van der Waals surface area contributed by atoms with Crippen molar-refractivity contribution in [3.05, 3.63) is 48.0 Å². The molecule has 0 bridgehead atoms. The molecule has 0 saturated heterocycles. The number of nitrogens with one attached hydrogen (secondary N) is 1. The Bertz CT molecular complexity index is 556. The highest BCUT2D eigenvalue weighted by Crippen LogP contribution is 2.20. The first-order valence-corrected chi connectivity index (χ1v) is 5.35. The molecule has 6 nitrogen and oxygen atoms in total. The fourth-order valence-corrected chi connectivity index (χ4v) is 1.49. The van der Waals surface area contributed by atoms with Crippen LogP contribution in [0.5, 0.6) is 0 Å².